The minimum atomic E-state index is 0.406. The molecule has 0 spiro atoms. The van der Waals surface area contributed by atoms with Crippen LogP contribution in [0.3, 0.4) is 0 Å². The number of aromatic nitrogens is 2. The zero-order valence-corrected chi connectivity index (χ0v) is 14.4. The quantitative estimate of drug-likeness (QED) is 0.616. The molecule has 0 bridgehead atoms. The number of unbranched alkanes of at least 4 members (excludes halogenated alkanes) is 1. The van der Waals surface area contributed by atoms with Crippen LogP contribution < -0.4 is 10.6 Å². The van der Waals surface area contributed by atoms with Gasteiger partial charge in [0.1, 0.15) is 18.0 Å². The summed E-state index contributed by atoms with van der Waals surface area (Å²) < 4.78 is 0. The highest BCUT2D eigenvalue weighted by Gasteiger charge is 2.14. The van der Waals surface area contributed by atoms with Crippen molar-refractivity contribution >= 4 is 11.6 Å². The third-order valence-corrected chi connectivity index (χ3v) is 3.50. The summed E-state index contributed by atoms with van der Waals surface area (Å²) in [4.78, 5) is 8.84. The van der Waals surface area contributed by atoms with Crippen LogP contribution in [-0.4, -0.2) is 23.1 Å². The Balaban J connectivity index is 2.63. The summed E-state index contributed by atoms with van der Waals surface area (Å²) in [6.07, 6.45) is 6.51. The molecule has 0 saturated carbocycles. The average molecular weight is 292 g/mol. The van der Waals surface area contributed by atoms with Crippen LogP contribution in [0, 0.1) is 5.92 Å². The molecule has 0 aromatic carbocycles. The fourth-order valence-corrected chi connectivity index (χ4v) is 2.35. The first kappa shape index (κ1) is 17.7. The highest BCUT2D eigenvalue weighted by atomic mass is 15.1. The molecular formula is C17H32N4. The molecular weight excluding hydrogens is 260 g/mol. The molecule has 0 atom stereocenters. The first-order valence-electron chi connectivity index (χ1n) is 8.38. The number of hydrogen-bond donors (Lipinski definition) is 2. The molecule has 120 valence electrons. The second-order valence-corrected chi connectivity index (χ2v) is 6.38. The zero-order valence-electron chi connectivity index (χ0n) is 14.4. The molecule has 0 aliphatic heterocycles. The molecule has 0 radical (unpaired) electrons. The molecule has 0 aliphatic rings. The predicted octanol–water partition coefficient (Wildman–Crippen LogP) is 4.66. The third-order valence-electron chi connectivity index (χ3n) is 3.50. The Morgan fingerprint density at radius 1 is 0.952 bits per heavy atom. The van der Waals surface area contributed by atoms with Crippen LogP contribution in [0.5, 0.6) is 0 Å². The summed E-state index contributed by atoms with van der Waals surface area (Å²) >= 11 is 0. The topological polar surface area (TPSA) is 49.8 Å². The predicted molar refractivity (Wildman–Crippen MR) is 92.1 cm³/mol. The van der Waals surface area contributed by atoms with Gasteiger partial charge in [-0.2, -0.15) is 0 Å². The van der Waals surface area contributed by atoms with Crippen molar-refractivity contribution in [2.24, 2.45) is 5.92 Å². The van der Waals surface area contributed by atoms with Crippen molar-refractivity contribution in [1.29, 1.82) is 0 Å². The molecule has 4 nitrogen and oxygen atoms in total. The highest BCUT2D eigenvalue weighted by molar-refractivity contribution is 5.58. The van der Waals surface area contributed by atoms with Gasteiger partial charge in [0, 0.05) is 18.7 Å². The molecule has 4 heteroatoms. The van der Waals surface area contributed by atoms with Crippen LogP contribution in [0.15, 0.2) is 6.33 Å². The van der Waals surface area contributed by atoms with Gasteiger partial charge in [-0.25, -0.2) is 9.97 Å². The Labute approximate surface area is 130 Å². The van der Waals surface area contributed by atoms with Crippen LogP contribution in [0.1, 0.15) is 71.8 Å². The van der Waals surface area contributed by atoms with Gasteiger partial charge in [0.05, 0.1) is 0 Å². The fraction of sp³-hybridized carbons (Fsp3) is 0.765. The van der Waals surface area contributed by atoms with Crippen molar-refractivity contribution in [2.75, 3.05) is 23.7 Å². The number of anilines is 2. The lowest BCUT2D eigenvalue weighted by molar-refractivity contribution is 0.544. The summed E-state index contributed by atoms with van der Waals surface area (Å²) in [6, 6.07) is 0. The SMILES string of the molecule is CCCNc1ncnc(NCCCCC(C)C)c1C(C)C. The maximum Gasteiger partial charge on any atom is 0.134 e. The van der Waals surface area contributed by atoms with E-state index in [4.69, 9.17) is 0 Å². The number of nitrogens with one attached hydrogen (secondary N) is 2. The number of nitrogens with zero attached hydrogens (tertiary/aromatic N) is 2. The monoisotopic (exact) mass is 292 g/mol. The van der Waals surface area contributed by atoms with E-state index in [1.807, 2.05) is 0 Å². The van der Waals surface area contributed by atoms with Gasteiger partial charge < -0.3 is 10.6 Å². The normalized spacial score (nSPS) is 11.2. The van der Waals surface area contributed by atoms with Gasteiger partial charge in [-0.1, -0.05) is 47.5 Å². The average Bonchev–Trinajstić information content (AvgIpc) is 2.44. The van der Waals surface area contributed by atoms with Crippen LogP contribution in [-0.2, 0) is 0 Å². The summed E-state index contributed by atoms with van der Waals surface area (Å²) in [7, 11) is 0. The number of hydrogen-bond acceptors (Lipinski definition) is 4. The molecule has 1 aromatic heterocycles. The second-order valence-electron chi connectivity index (χ2n) is 6.38. The van der Waals surface area contributed by atoms with E-state index in [-0.39, 0.29) is 0 Å². The van der Waals surface area contributed by atoms with Crippen LogP contribution in [0.4, 0.5) is 11.6 Å². The Bertz CT molecular complexity index is 402. The summed E-state index contributed by atoms with van der Waals surface area (Å²) in [5, 5.41) is 6.90. The Morgan fingerprint density at radius 3 is 2.10 bits per heavy atom. The fourth-order valence-electron chi connectivity index (χ4n) is 2.35. The van der Waals surface area contributed by atoms with Crippen molar-refractivity contribution in [1.82, 2.24) is 9.97 Å². The minimum absolute atomic E-state index is 0.406. The molecule has 0 amide bonds. The minimum Gasteiger partial charge on any atom is -0.370 e. The van der Waals surface area contributed by atoms with Crippen molar-refractivity contribution in [3.63, 3.8) is 0 Å². The Kier molecular flexibility index (Phi) is 8.09. The van der Waals surface area contributed by atoms with Gasteiger partial charge in [-0.15, -0.1) is 0 Å². The first-order valence-corrected chi connectivity index (χ1v) is 8.38. The molecule has 1 rings (SSSR count). The largest absolute Gasteiger partial charge is 0.370 e. The molecule has 2 N–H and O–H groups in total. The molecule has 0 unspecified atom stereocenters. The van der Waals surface area contributed by atoms with Gasteiger partial charge in [0.15, 0.2) is 0 Å². The molecule has 1 heterocycles. The van der Waals surface area contributed by atoms with Crippen molar-refractivity contribution in [3.8, 4) is 0 Å². The molecule has 21 heavy (non-hydrogen) atoms. The van der Waals surface area contributed by atoms with Gasteiger partial charge in [-0.3, -0.25) is 0 Å². The molecule has 0 aliphatic carbocycles. The lowest BCUT2D eigenvalue weighted by Crippen LogP contribution is -2.12. The van der Waals surface area contributed by atoms with Gasteiger partial charge in [0.2, 0.25) is 0 Å². The number of rotatable bonds is 10. The smallest absolute Gasteiger partial charge is 0.134 e. The van der Waals surface area contributed by atoms with E-state index in [2.05, 4.69) is 55.2 Å². The Morgan fingerprint density at radius 2 is 1.57 bits per heavy atom. The van der Waals surface area contributed by atoms with E-state index < -0.39 is 0 Å². The van der Waals surface area contributed by atoms with Crippen molar-refractivity contribution < 1.29 is 0 Å². The van der Waals surface area contributed by atoms with Crippen LogP contribution in [0.2, 0.25) is 0 Å². The van der Waals surface area contributed by atoms with Crippen LogP contribution in [0.25, 0.3) is 0 Å². The van der Waals surface area contributed by atoms with Gasteiger partial charge in [-0.05, 0) is 24.7 Å². The van der Waals surface area contributed by atoms with Gasteiger partial charge >= 0.3 is 0 Å². The zero-order chi connectivity index (χ0) is 15.7. The summed E-state index contributed by atoms with van der Waals surface area (Å²) in [5.41, 5.74) is 1.20. The first-order chi connectivity index (χ1) is 10.1. The lowest BCUT2D eigenvalue weighted by atomic mass is 10.0. The van der Waals surface area contributed by atoms with Gasteiger partial charge in [0.25, 0.3) is 0 Å². The van der Waals surface area contributed by atoms with E-state index >= 15 is 0 Å². The molecule has 0 fully saturated rings. The molecule has 1 aromatic rings. The third kappa shape index (κ3) is 6.32. The van der Waals surface area contributed by atoms with E-state index in [0.717, 1.165) is 37.1 Å². The summed E-state index contributed by atoms with van der Waals surface area (Å²) in [5.74, 6) is 3.17. The van der Waals surface area contributed by atoms with E-state index in [1.54, 1.807) is 6.33 Å². The maximum atomic E-state index is 4.44. The maximum absolute atomic E-state index is 4.44. The van der Waals surface area contributed by atoms with Crippen molar-refractivity contribution in [3.05, 3.63) is 11.9 Å². The van der Waals surface area contributed by atoms with E-state index in [9.17, 15) is 0 Å². The van der Waals surface area contributed by atoms with E-state index in [1.165, 1.54) is 24.8 Å². The van der Waals surface area contributed by atoms with Crippen molar-refractivity contribution in [2.45, 2.75) is 66.2 Å². The standard InChI is InChI=1S/C17H32N4/c1-6-10-18-16-15(14(4)5)17(21-12-20-16)19-11-8-7-9-13(2)3/h12-14H,6-11H2,1-5H3,(H2,18,19,20,21). The Hall–Kier alpha value is -1.32. The second kappa shape index (κ2) is 9.59. The highest BCUT2D eigenvalue weighted by Crippen LogP contribution is 2.28. The van der Waals surface area contributed by atoms with Crippen LogP contribution >= 0.6 is 0 Å². The molecule has 0 saturated heterocycles. The lowest BCUT2D eigenvalue weighted by Gasteiger charge is -2.17. The van der Waals surface area contributed by atoms with E-state index in [0.29, 0.717) is 5.92 Å². The summed E-state index contributed by atoms with van der Waals surface area (Å²) in [6.45, 7) is 13.0.